The Balaban J connectivity index is 1.39. The zero-order valence-corrected chi connectivity index (χ0v) is 18.3. The number of aromatic nitrogens is 2. The molecule has 0 radical (unpaired) electrons. The van der Waals surface area contributed by atoms with Gasteiger partial charge in [-0.2, -0.15) is 0 Å². The maximum Gasteiger partial charge on any atom is 0.222 e. The molecule has 2 aliphatic heterocycles. The molecule has 0 aliphatic carbocycles. The highest BCUT2D eigenvalue weighted by molar-refractivity contribution is 7.12. The van der Waals surface area contributed by atoms with Crippen molar-refractivity contribution in [3.05, 3.63) is 39.3 Å². The average Bonchev–Trinajstić information content (AvgIpc) is 3.17. The third-order valence-corrected chi connectivity index (χ3v) is 7.51. The Hall–Kier alpha value is -1.54. The normalized spacial score (nSPS) is 24.6. The number of rotatable bonds is 7. The van der Waals surface area contributed by atoms with E-state index in [2.05, 4.69) is 40.1 Å². The molecule has 1 saturated heterocycles. The van der Waals surface area contributed by atoms with Crippen LogP contribution in [-0.2, 0) is 29.7 Å². The molecule has 29 heavy (non-hydrogen) atoms. The van der Waals surface area contributed by atoms with Crippen molar-refractivity contribution in [2.75, 3.05) is 31.6 Å². The fourth-order valence-electron chi connectivity index (χ4n) is 4.55. The number of anilines is 1. The lowest BCUT2D eigenvalue weighted by atomic mass is 9.79. The Morgan fingerprint density at radius 3 is 2.93 bits per heavy atom. The molecule has 2 N–H and O–H groups in total. The summed E-state index contributed by atoms with van der Waals surface area (Å²) in [6.07, 6.45) is 8.79. The van der Waals surface area contributed by atoms with E-state index in [1.807, 2.05) is 23.7 Å². The van der Waals surface area contributed by atoms with E-state index in [-0.39, 0.29) is 12.2 Å². The Labute approximate surface area is 177 Å². The van der Waals surface area contributed by atoms with Crippen LogP contribution in [0.25, 0.3) is 0 Å². The SMILES string of the molecule is CCc1cc2c(s1)CCO[C@@]21CCN(Cc2cnc(NCCCO)nc2)[C@@H](C)C1. The molecule has 2 aromatic rings. The quantitative estimate of drug-likeness (QED) is 0.675. The Morgan fingerprint density at radius 1 is 1.38 bits per heavy atom. The largest absolute Gasteiger partial charge is 0.396 e. The van der Waals surface area contributed by atoms with Crippen LogP contribution >= 0.6 is 11.3 Å². The number of nitrogens with zero attached hydrogens (tertiary/aromatic N) is 3. The van der Waals surface area contributed by atoms with Crippen LogP contribution in [-0.4, -0.2) is 52.3 Å². The Kier molecular flexibility index (Phi) is 6.49. The van der Waals surface area contributed by atoms with Gasteiger partial charge in [-0.05, 0) is 44.2 Å². The summed E-state index contributed by atoms with van der Waals surface area (Å²) in [6, 6.07) is 2.86. The second kappa shape index (κ2) is 9.08. The van der Waals surface area contributed by atoms with Gasteiger partial charge in [0.1, 0.15) is 0 Å². The van der Waals surface area contributed by atoms with Crippen molar-refractivity contribution >= 4 is 17.3 Å². The van der Waals surface area contributed by atoms with Crippen LogP contribution in [0.2, 0.25) is 0 Å². The maximum absolute atomic E-state index is 8.86. The van der Waals surface area contributed by atoms with Crippen molar-refractivity contribution in [3.63, 3.8) is 0 Å². The molecule has 4 heterocycles. The minimum absolute atomic E-state index is 0.0929. The molecule has 1 spiro atoms. The Morgan fingerprint density at radius 2 is 2.21 bits per heavy atom. The molecule has 0 amide bonds. The summed E-state index contributed by atoms with van der Waals surface area (Å²) in [4.78, 5) is 14.4. The molecule has 2 aliphatic rings. The predicted octanol–water partition coefficient (Wildman–Crippen LogP) is 3.35. The number of aryl methyl sites for hydroxylation is 1. The van der Waals surface area contributed by atoms with Gasteiger partial charge in [-0.3, -0.25) is 4.90 Å². The number of likely N-dealkylation sites (tertiary alicyclic amines) is 1. The topological polar surface area (TPSA) is 70.5 Å². The fourth-order valence-corrected chi connectivity index (χ4v) is 5.73. The van der Waals surface area contributed by atoms with Crippen molar-refractivity contribution in [1.29, 1.82) is 0 Å². The predicted molar refractivity (Wildman–Crippen MR) is 116 cm³/mol. The number of aliphatic hydroxyl groups excluding tert-OH is 1. The van der Waals surface area contributed by atoms with Gasteiger partial charge in [0.25, 0.3) is 0 Å². The number of hydrogen-bond acceptors (Lipinski definition) is 7. The van der Waals surface area contributed by atoms with Gasteiger partial charge in [-0.15, -0.1) is 11.3 Å². The minimum Gasteiger partial charge on any atom is -0.396 e. The molecular weight excluding hydrogens is 384 g/mol. The first-order valence-electron chi connectivity index (χ1n) is 10.8. The van der Waals surface area contributed by atoms with Crippen LogP contribution in [0.1, 0.15) is 54.0 Å². The third-order valence-electron chi connectivity index (χ3n) is 6.17. The molecule has 2 aromatic heterocycles. The molecule has 0 unspecified atom stereocenters. The molecular formula is C22H32N4O2S. The lowest BCUT2D eigenvalue weighted by Gasteiger charge is -2.47. The van der Waals surface area contributed by atoms with Crippen LogP contribution in [0.5, 0.6) is 0 Å². The minimum atomic E-state index is -0.0929. The molecule has 0 aromatic carbocycles. The monoisotopic (exact) mass is 416 g/mol. The molecule has 2 atom stereocenters. The van der Waals surface area contributed by atoms with Crippen molar-refractivity contribution < 1.29 is 9.84 Å². The molecule has 7 heteroatoms. The summed E-state index contributed by atoms with van der Waals surface area (Å²) in [6.45, 7) is 8.16. The molecule has 158 valence electrons. The molecule has 1 fully saturated rings. The number of fused-ring (bicyclic) bond motifs is 2. The molecule has 0 bridgehead atoms. The van der Waals surface area contributed by atoms with Crippen LogP contribution in [0.4, 0.5) is 5.95 Å². The summed E-state index contributed by atoms with van der Waals surface area (Å²) in [5.41, 5.74) is 2.51. The summed E-state index contributed by atoms with van der Waals surface area (Å²) in [5, 5.41) is 12.0. The van der Waals surface area contributed by atoms with E-state index in [1.54, 1.807) is 4.88 Å². The number of hydrogen-bond donors (Lipinski definition) is 2. The first-order valence-corrected chi connectivity index (χ1v) is 11.6. The van der Waals surface area contributed by atoms with E-state index in [1.165, 1.54) is 10.4 Å². The van der Waals surface area contributed by atoms with E-state index >= 15 is 0 Å². The van der Waals surface area contributed by atoms with Crippen LogP contribution < -0.4 is 5.32 Å². The van der Waals surface area contributed by atoms with Gasteiger partial charge in [0.05, 0.1) is 12.2 Å². The maximum atomic E-state index is 8.86. The van der Waals surface area contributed by atoms with Crippen LogP contribution in [0.15, 0.2) is 18.5 Å². The second-order valence-corrected chi connectivity index (χ2v) is 9.41. The first kappa shape index (κ1) is 20.7. The van der Waals surface area contributed by atoms with Gasteiger partial charge in [-0.25, -0.2) is 9.97 Å². The van der Waals surface area contributed by atoms with Crippen molar-refractivity contribution in [2.24, 2.45) is 0 Å². The lowest BCUT2D eigenvalue weighted by molar-refractivity contribution is -0.112. The van der Waals surface area contributed by atoms with Gasteiger partial charge >= 0.3 is 0 Å². The number of nitrogens with one attached hydrogen (secondary N) is 1. The number of ether oxygens (including phenoxy) is 1. The van der Waals surface area contributed by atoms with E-state index < -0.39 is 0 Å². The van der Waals surface area contributed by atoms with E-state index in [9.17, 15) is 0 Å². The van der Waals surface area contributed by atoms with E-state index in [0.717, 1.165) is 50.9 Å². The van der Waals surface area contributed by atoms with E-state index in [0.29, 0.717) is 25.0 Å². The van der Waals surface area contributed by atoms with Crippen molar-refractivity contribution in [2.45, 2.75) is 64.1 Å². The zero-order valence-electron chi connectivity index (χ0n) is 17.5. The van der Waals surface area contributed by atoms with Crippen LogP contribution in [0.3, 0.4) is 0 Å². The van der Waals surface area contributed by atoms with Gasteiger partial charge in [0.2, 0.25) is 5.95 Å². The zero-order chi connectivity index (χ0) is 20.3. The second-order valence-electron chi connectivity index (χ2n) is 8.19. The molecule has 6 nitrogen and oxygen atoms in total. The Bertz CT molecular complexity index is 810. The highest BCUT2D eigenvalue weighted by Gasteiger charge is 2.44. The van der Waals surface area contributed by atoms with Gasteiger partial charge in [0.15, 0.2) is 0 Å². The summed E-state index contributed by atoms with van der Waals surface area (Å²) >= 11 is 1.99. The summed E-state index contributed by atoms with van der Waals surface area (Å²) in [5.74, 6) is 0.625. The average molecular weight is 417 g/mol. The molecule has 4 rings (SSSR count). The smallest absolute Gasteiger partial charge is 0.222 e. The van der Waals surface area contributed by atoms with Gasteiger partial charge in [0, 0.05) is 66.4 Å². The third kappa shape index (κ3) is 4.48. The highest BCUT2D eigenvalue weighted by Crippen LogP contribution is 2.46. The number of aliphatic hydroxyl groups is 1. The van der Waals surface area contributed by atoms with Gasteiger partial charge in [-0.1, -0.05) is 6.92 Å². The van der Waals surface area contributed by atoms with Crippen molar-refractivity contribution in [3.8, 4) is 0 Å². The fraction of sp³-hybridized carbons (Fsp3) is 0.636. The standard InChI is InChI=1S/C22H32N4O2S/c1-3-18-11-19-20(29-18)5-10-28-22(19)6-8-26(16(2)12-22)15-17-13-24-21(25-14-17)23-7-4-9-27/h11,13-14,16,27H,3-10,12,15H2,1-2H3,(H,23,24,25)/t16-,22+/m0/s1. The number of thiophene rings is 1. The van der Waals surface area contributed by atoms with Crippen LogP contribution in [0, 0.1) is 0 Å². The first-order chi connectivity index (χ1) is 14.1. The molecule has 0 saturated carbocycles. The lowest BCUT2D eigenvalue weighted by Crippen LogP contribution is -2.50. The van der Waals surface area contributed by atoms with E-state index in [4.69, 9.17) is 9.84 Å². The van der Waals surface area contributed by atoms with Gasteiger partial charge < -0.3 is 15.2 Å². The number of piperidine rings is 1. The van der Waals surface area contributed by atoms with Crippen molar-refractivity contribution in [1.82, 2.24) is 14.9 Å². The summed E-state index contributed by atoms with van der Waals surface area (Å²) in [7, 11) is 0. The highest BCUT2D eigenvalue weighted by atomic mass is 32.1. The summed E-state index contributed by atoms with van der Waals surface area (Å²) < 4.78 is 6.45.